The number of nitrogens with zero attached hydrogens (tertiary/aromatic N) is 5. The minimum atomic E-state index is -1.36. The van der Waals surface area contributed by atoms with Crippen LogP contribution >= 0.6 is 0 Å². The zero-order valence-electron chi connectivity index (χ0n) is 28.7. The average Bonchev–Trinajstić information content (AvgIpc) is 3.64. The van der Waals surface area contributed by atoms with E-state index in [2.05, 4.69) is 16.9 Å². The van der Waals surface area contributed by atoms with Crippen LogP contribution in [0.1, 0.15) is 73.6 Å². The third kappa shape index (κ3) is 7.65. The number of ketones is 2. The van der Waals surface area contributed by atoms with E-state index in [1.807, 2.05) is 13.8 Å². The lowest BCUT2D eigenvalue weighted by Crippen LogP contribution is -2.57. The van der Waals surface area contributed by atoms with Crippen molar-refractivity contribution in [3.8, 4) is 11.3 Å². The first-order valence-corrected chi connectivity index (χ1v) is 16.8. The van der Waals surface area contributed by atoms with E-state index in [1.165, 1.54) is 12.1 Å². The number of allylic oxidation sites excluding steroid dienone is 1. The number of aromatic nitrogens is 3. The minimum absolute atomic E-state index is 0.0101. The molecule has 0 bridgehead atoms. The van der Waals surface area contributed by atoms with Crippen molar-refractivity contribution in [2.45, 2.75) is 97.9 Å². The number of esters is 1. The zero-order valence-corrected chi connectivity index (χ0v) is 28.7. The molecule has 8 atom stereocenters. The molecule has 0 N–H and O–H groups in total. The van der Waals surface area contributed by atoms with Gasteiger partial charge in [-0.25, -0.2) is 4.79 Å². The molecule has 1 aromatic carbocycles. The van der Waals surface area contributed by atoms with Crippen LogP contribution in [0.2, 0.25) is 0 Å². The maximum atomic E-state index is 14.1. The Morgan fingerprint density at radius 3 is 2.46 bits per heavy atom. The molecule has 2 aliphatic heterocycles. The third-order valence-corrected chi connectivity index (χ3v) is 9.91. The fourth-order valence-electron chi connectivity index (χ4n) is 7.32. The molecule has 2 aromatic rings. The fraction of sp³-hybridized carbons (Fsp3) is 0.600. The number of amides is 1. The second-order valence-electron chi connectivity index (χ2n) is 13.5. The lowest BCUT2D eigenvalue weighted by Gasteiger charge is -2.40. The number of cyclic esters (lactones) is 1. The quantitative estimate of drug-likeness (QED) is 0.0797. The standard InChI is InChI=1S/C35H47N5O8/c1-8-25-18-21(3)17-22(4)30(41)24(6)33(43)47-29(9-2)35(7)32(23(5)31(25)42)39(34(44)48-35)16-11-10-15-38-20-28(36-37-38)26-13-12-14-27(19-26)40(45)46/h8,12-14,19-25,29,32H,1,9-11,15-18H2,2-7H3/t21-,22-,23+,24-,25-,29-,32?,35-/m1/s1. The van der Waals surface area contributed by atoms with Crippen LogP contribution in [0, 0.1) is 39.7 Å². The summed E-state index contributed by atoms with van der Waals surface area (Å²) < 4.78 is 13.6. The summed E-state index contributed by atoms with van der Waals surface area (Å²) >= 11 is 0. The van der Waals surface area contributed by atoms with E-state index in [0.29, 0.717) is 49.9 Å². The topological polar surface area (TPSA) is 164 Å². The molecule has 2 fully saturated rings. The van der Waals surface area contributed by atoms with Crippen LogP contribution in [0.3, 0.4) is 0 Å². The zero-order chi connectivity index (χ0) is 35.3. The molecule has 0 aliphatic carbocycles. The lowest BCUT2D eigenvalue weighted by atomic mass is 9.74. The molecule has 13 nitrogen and oxygen atoms in total. The van der Waals surface area contributed by atoms with Gasteiger partial charge in [-0.05, 0) is 51.9 Å². The molecule has 1 aromatic heterocycles. The molecule has 4 rings (SSSR count). The van der Waals surface area contributed by atoms with Gasteiger partial charge in [0.1, 0.15) is 29.3 Å². The van der Waals surface area contributed by atoms with Crippen LogP contribution in [0.15, 0.2) is 43.1 Å². The summed E-state index contributed by atoms with van der Waals surface area (Å²) in [6.07, 6.45) is 4.32. The van der Waals surface area contributed by atoms with Gasteiger partial charge in [0.2, 0.25) is 0 Å². The molecule has 2 aliphatic rings. The molecular formula is C35H47N5O8. The van der Waals surface area contributed by atoms with Gasteiger partial charge in [-0.15, -0.1) is 11.7 Å². The van der Waals surface area contributed by atoms with E-state index >= 15 is 0 Å². The molecule has 2 saturated heterocycles. The lowest BCUT2D eigenvalue weighted by molar-refractivity contribution is -0.384. The smallest absolute Gasteiger partial charge is 0.410 e. The predicted octanol–water partition coefficient (Wildman–Crippen LogP) is 5.81. The van der Waals surface area contributed by atoms with Gasteiger partial charge in [0.05, 0.1) is 17.2 Å². The number of nitro groups is 1. The Morgan fingerprint density at radius 2 is 1.79 bits per heavy atom. The van der Waals surface area contributed by atoms with Gasteiger partial charge < -0.3 is 14.4 Å². The van der Waals surface area contributed by atoms with Gasteiger partial charge in [-0.2, -0.15) is 0 Å². The normalized spacial score (nSPS) is 30.3. The largest absolute Gasteiger partial charge is 0.458 e. The Morgan fingerprint density at radius 1 is 1.08 bits per heavy atom. The molecule has 3 heterocycles. The summed E-state index contributed by atoms with van der Waals surface area (Å²) in [7, 11) is 0. The summed E-state index contributed by atoms with van der Waals surface area (Å²) in [6, 6.07) is 5.43. The number of hydrogen-bond donors (Lipinski definition) is 0. The van der Waals surface area contributed by atoms with E-state index in [0.717, 1.165) is 0 Å². The Bertz CT molecular complexity index is 1540. The molecule has 0 saturated carbocycles. The number of fused-ring (bicyclic) bond motifs is 1. The van der Waals surface area contributed by atoms with Gasteiger partial charge in [-0.3, -0.25) is 29.2 Å². The maximum Gasteiger partial charge on any atom is 0.410 e. The number of rotatable bonds is 9. The van der Waals surface area contributed by atoms with E-state index in [9.17, 15) is 29.3 Å². The summed E-state index contributed by atoms with van der Waals surface area (Å²) in [5.41, 5.74) is -0.315. The second-order valence-corrected chi connectivity index (χ2v) is 13.5. The average molecular weight is 666 g/mol. The van der Waals surface area contributed by atoms with Crippen molar-refractivity contribution in [2.24, 2.45) is 29.6 Å². The molecule has 0 spiro atoms. The Kier molecular flexibility index (Phi) is 11.5. The highest BCUT2D eigenvalue weighted by atomic mass is 16.6. The molecular weight excluding hydrogens is 618 g/mol. The second kappa shape index (κ2) is 15.2. The van der Waals surface area contributed by atoms with Crippen LogP contribution in [0.4, 0.5) is 10.5 Å². The molecule has 1 amide bonds. The van der Waals surface area contributed by atoms with Crippen molar-refractivity contribution in [1.82, 2.24) is 19.9 Å². The van der Waals surface area contributed by atoms with Crippen molar-refractivity contribution in [3.05, 3.63) is 53.2 Å². The van der Waals surface area contributed by atoms with E-state index in [4.69, 9.17) is 9.47 Å². The number of aryl methyl sites for hydroxylation is 1. The summed E-state index contributed by atoms with van der Waals surface area (Å²) in [5, 5.41) is 19.5. The molecule has 48 heavy (non-hydrogen) atoms. The van der Waals surface area contributed by atoms with Crippen molar-refractivity contribution in [1.29, 1.82) is 0 Å². The monoisotopic (exact) mass is 665 g/mol. The van der Waals surface area contributed by atoms with Gasteiger partial charge in [-0.1, -0.05) is 51.1 Å². The van der Waals surface area contributed by atoms with Crippen LogP contribution in [-0.2, 0) is 30.4 Å². The van der Waals surface area contributed by atoms with Crippen LogP contribution in [-0.4, -0.2) is 72.7 Å². The Balaban J connectivity index is 1.55. The van der Waals surface area contributed by atoms with E-state index < -0.39 is 58.4 Å². The molecule has 13 heteroatoms. The Hall–Kier alpha value is -4.42. The highest BCUT2D eigenvalue weighted by Crippen LogP contribution is 2.41. The number of ether oxygens (including phenoxy) is 2. The molecule has 0 radical (unpaired) electrons. The number of hydrogen-bond acceptors (Lipinski definition) is 10. The van der Waals surface area contributed by atoms with Gasteiger partial charge in [0.25, 0.3) is 5.69 Å². The van der Waals surface area contributed by atoms with Crippen LogP contribution in [0.25, 0.3) is 11.3 Å². The number of nitro benzene ring substituents is 1. The van der Waals surface area contributed by atoms with Crippen molar-refractivity contribution < 1.29 is 33.6 Å². The van der Waals surface area contributed by atoms with E-state index in [1.54, 1.807) is 61.7 Å². The maximum absolute atomic E-state index is 14.1. The summed E-state index contributed by atoms with van der Waals surface area (Å²) in [6.45, 7) is 15.3. The first-order valence-electron chi connectivity index (χ1n) is 16.8. The highest BCUT2D eigenvalue weighted by molar-refractivity contribution is 5.99. The van der Waals surface area contributed by atoms with Gasteiger partial charge >= 0.3 is 12.1 Å². The van der Waals surface area contributed by atoms with Crippen LogP contribution < -0.4 is 0 Å². The SMILES string of the molecule is C=C[C@@H]1C[C@H](C)C[C@@H](C)C(=O)[C@@H](C)C(=O)O[C@H](CC)[C@@]2(C)OC(=O)N(CCCCn3cc(-c4cccc([N+](=O)[O-])c4)nn3)C2[C@@H](C)C1=O. The van der Waals surface area contributed by atoms with Gasteiger partial charge in [0.15, 0.2) is 5.60 Å². The number of Topliss-reactive ketones (excluding diaryl/α,β-unsaturated/α-hetero) is 2. The Labute approximate surface area is 281 Å². The molecule has 260 valence electrons. The highest BCUT2D eigenvalue weighted by Gasteiger charge is 2.59. The fourth-order valence-corrected chi connectivity index (χ4v) is 7.32. The first kappa shape index (κ1) is 36.4. The van der Waals surface area contributed by atoms with Crippen molar-refractivity contribution in [2.75, 3.05) is 6.54 Å². The van der Waals surface area contributed by atoms with Crippen molar-refractivity contribution >= 4 is 29.3 Å². The minimum Gasteiger partial charge on any atom is -0.458 e. The van der Waals surface area contributed by atoms with E-state index in [-0.39, 0.29) is 29.7 Å². The number of unbranched alkanes of at least 4 members (excludes halogenated alkanes) is 1. The third-order valence-electron chi connectivity index (χ3n) is 9.91. The summed E-state index contributed by atoms with van der Waals surface area (Å²) in [4.78, 5) is 66.4. The number of non-ortho nitro benzene ring substituents is 1. The predicted molar refractivity (Wildman–Crippen MR) is 176 cm³/mol. The van der Waals surface area contributed by atoms with Crippen LogP contribution in [0.5, 0.6) is 0 Å². The number of benzene rings is 1. The number of carbonyl (C=O) groups excluding carboxylic acids is 4. The number of carbonyl (C=O) groups is 4. The summed E-state index contributed by atoms with van der Waals surface area (Å²) in [5.74, 6) is -3.50. The van der Waals surface area contributed by atoms with Gasteiger partial charge in [0, 0.05) is 48.5 Å². The first-order chi connectivity index (χ1) is 22.7. The molecule has 1 unspecified atom stereocenters. The van der Waals surface area contributed by atoms with Crippen molar-refractivity contribution in [3.63, 3.8) is 0 Å².